The number of piperazine rings is 1. The largest absolute Gasteiger partial charge is 0.393 e. The van der Waals surface area contributed by atoms with Crippen LogP contribution in [-0.4, -0.2) is 59.8 Å². The SMILES string of the molecule is OC1CCCC1CCN1CCN2CCCC2C1. The van der Waals surface area contributed by atoms with Crippen LogP contribution in [0.1, 0.15) is 38.5 Å². The first-order valence-corrected chi connectivity index (χ1v) is 7.47. The van der Waals surface area contributed by atoms with E-state index in [4.69, 9.17) is 0 Å². The zero-order valence-corrected chi connectivity index (χ0v) is 10.9. The fraction of sp³-hybridized carbons (Fsp3) is 1.00. The summed E-state index contributed by atoms with van der Waals surface area (Å²) < 4.78 is 0. The molecule has 0 radical (unpaired) electrons. The molecule has 3 heteroatoms. The minimum Gasteiger partial charge on any atom is -0.393 e. The molecule has 0 spiro atoms. The summed E-state index contributed by atoms with van der Waals surface area (Å²) in [4.78, 5) is 5.30. The highest BCUT2D eigenvalue weighted by Crippen LogP contribution is 2.29. The van der Waals surface area contributed by atoms with Crippen LogP contribution in [0, 0.1) is 5.92 Å². The summed E-state index contributed by atoms with van der Waals surface area (Å²) in [6, 6.07) is 0.845. The van der Waals surface area contributed by atoms with Gasteiger partial charge in [0.2, 0.25) is 0 Å². The highest BCUT2D eigenvalue weighted by atomic mass is 16.3. The second-order valence-electron chi connectivity index (χ2n) is 6.18. The summed E-state index contributed by atoms with van der Waals surface area (Å²) in [5, 5.41) is 9.84. The average Bonchev–Trinajstić information content (AvgIpc) is 2.94. The maximum absolute atomic E-state index is 9.84. The molecule has 3 nitrogen and oxygen atoms in total. The van der Waals surface area contributed by atoms with Gasteiger partial charge >= 0.3 is 0 Å². The van der Waals surface area contributed by atoms with Gasteiger partial charge in [0.15, 0.2) is 0 Å². The van der Waals surface area contributed by atoms with Crippen LogP contribution in [0.15, 0.2) is 0 Å². The lowest BCUT2D eigenvalue weighted by atomic mass is 10.0. The third-order valence-electron chi connectivity index (χ3n) is 5.11. The molecule has 3 aliphatic rings. The Kier molecular flexibility index (Phi) is 3.69. The van der Waals surface area contributed by atoms with E-state index in [1.165, 1.54) is 64.8 Å². The van der Waals surface area contributed by atoms with Gasteiger partial charge in [0.05, 0.1) is 6.10 Å². The molecule has 3 unspecified atom stereocenters. The van der Waals surface area contributed by atoms with E-state index in [1.54, 1.807) is 0 Å². The van der Waals surface area contributed by atoms with Gasteiger partial charge in [-0.15, -0.1) is 0 Å². The lowest BCUT2D eigenvalue weighted by molar-refractivity contribution is 0.0831. The fourth-order valence-corrected chi connectivity index (χ4v) is 3.96. The Morgan fingerprint density at radius 2 is 1.94 bits per heavy atom. The Labute approximate surface area is 105 Å². The quantitative estimate of drug-likeness (QED) is 0.803. The van der Waals surface area contributed by atoms with Crippen LogP contribution in [0.3, 0.4) is 0 Å². The lowest BCUT2D eigenvalue weighted by Crippen LogP contribution is -2.50. The number of aliphatic hydroxyl groups excluding tert-OH is 1. The normalized spacial score (nSPS) is 39.7. The number of fused-ring (bicyclic) bond motifs is 1. The molecule has 3 atom stereocenters. The molecule has 1 aliphatic carbocycles. The summed E-state index contributed by atoms with van der Waals surface area (Å²) in [5.41, 5.74) is 0. The van der Waals surface area contributed by atoms with Gasteiger partial charge in [-0.2, -0.15) is 0 Å². The molecule has 2 aliphatic heterocycles. The van der Waals surface area contributed by atoms with Crippen LogP contribution in [-0.2, 0) is 0 Å². The minimum absolute atomic E-state index is 0.00256. The Hall–Kier alpha value is -0.120. The number of aliphatic hydroxyl groups is 1. The van der Waals surface area contributed by atoms with Crippen molar-refractivity contribution in [2.45, 2.75) is 50.7 Å². The van der Waals surface area contributed by atoms with E-state index in [0.717, 1.165) is 12.5 Å². The first-order chi connectivity index (χ1) is 8.33. The van der Waals surface area contributed by atoms with Crippen LogP contribution in [0.25, 0.3) is 0 Å². The topological polar surface area (TPSA) is 26.7 Å². The summed E-state index contributed by atoms with van der Waals surface area (Å²) in [6.45, 7) is 6.35. The highest BCUT2D eigenvalue weighted by molar-refractivity contribution is 4.87. The smallest absolute Gasteiger partial charge is 0.0568 e. The van der Waals surface area contributed by atoms with E-state index in [0.29, 0.717) is 5.92 Å². The molecular formula is C14H26N2O. The summed E-state index contributed by atoms with van der Waals surface area (Å²) in [6.07, 6.45) is 7.56. The minimum atomic E-state index is 0.00256. The molecular weight excluding hydrogens is 212 g/mol. The van der Waals surface area contributed by atoms with Gasteiger partial charge in [-0.25, -0.2) is 0 Å². The summed E-state index contributed by atoms with van der Waals surface area (Å²) in [7, 11) is 0. The van der Waals surface area contributed by atoms with Crippen LogP contribution in [0.5, 0.6) is 0 Å². The van der Waals surface area contributed by atoms with Gasteiger partial charge < -0.3 is 10.0 Å². The van der Waals surface area contributed by atoms with Crippen molar-refractivity contribution in [3.8, 4) is 0 Å². The molecule has 0 amide bonds. The Balaban J connectivity index is 1.43. The summed E-state index contributed by atoms with van der Waals surface area (Å²) in [5.74, 6) is 0.594. The van der Waals surface area contributed by atoms with Crippen molar-refractivity contribution < 1.29 is 5.11 Å². The van der Waals surface area contributed by atoms with Gasteiger partial charge in [-0.05, 0) is 51.1 Å². The third kappa shape index (κ3) is 2.67. The molecule has 1 N–H and O–H groups in total. The van der Waals surface area contributed by atoms with Crippen LogP contribution >= 0.6 is 0 Å². The number of nitrogens with zero attached hydrogens (tertiary/aromatic N) is 2. The van der Waals surface area contributed by atoms with E-state index < -0.39 is 0 Å². The molecule has 3 rings (SSSR count). The fourth-order valence-electron chi connectivity index (χ4n) is 3.96. The van der Waals surface area contributed by atoms with Crippen molar-refractivity contribution in [2.24, 2.45) is 5.92 Å². The van der Waals surface area contributed by atoms with Gasteiger partial charge in [0.25, 0.3) is 0 Å². The maximum Gasteiger partial charge on any atom is 0.0568 e. The van der Waals surface area contributed by atoms with Crippen molar-refractivity contribution in [2.75, 3.05) is 32.7 Å². The molecule has 3 fully saturated rings. The van der Waals surface area contributed by atoms with Gasteiger partial charge in [0, 0.05) is 25.7 Å². The Bertz CT molecular complexity index is 259. The van der Waals surface area contributed by atoms with Crippen LogP contribution in [0.4, 0.5) is 0 Å². The Morgan fingerprint density at radius 3 is 2.76 bits per heavy atom. The molecule has 2 saturated heterocycles. The standard InChI is InChI=1S/C14H26N2O/c17-14-5-1-3-12(14)6-8-15-9-10-16-7-2-4-13(16)11-15/h12-14,17H,1-11H2. The highest BCUT2D eigenvalue weighted by Gasteiger charge is 2.31. The first kappa shape index (κ1) is 11.9. The van der Waals surface area contributed by atoms with E-state index in [2.05, 4.69) is 9.80 Å². The second kappa shape index (κ2) is 5.25. The number of hydrogen-bond acceptors (Lipinski definition) is 3. The molecule has 0 aromatic carbocycles. The average molecular weight is 238 g/mol. The number of rotatable bonds is 3. The predicted octanol–water partition coefficient (Wildman–Crippen LogP) is 1.32. The molecule has 0 aromatic rings. The second-order valence-corrected chi connectivity index (χ2v) is 6.18. The molecule has 0 bridgehead atoms. The summed E-state index contributed by atoms with van der Waals surface area (Å²) >= 11 is 0. The van der Waals surface area contributed by atoms with Crippen LogP contribution in [0.2, 0.25) is 0 Å². The monoisotopic (exact) mass is 238 g/mol. The van der Waals surface area contributed by atoms with Crippen molar-refractivity contribution in [3.05, 3.63) is 0 Å². The molecule has 98 valence electrons. The number of hydrogen-bond donors (Lipinski definition) is 1. The zero-order chi connectivity index (χ0) is 11.7. The van der Waals surface area contributed by atoms with Crippen molar-refractivity contribution in [1.82, 2.24) is 9.80 Å². The third-order valence-corrected chi connectivity index (χ3v) is 5.11. The predicted molar refractivity (Wildman–Crippen MR) is 69.0 cm³/mol. The molecule has 17 heavy (non-hydrogen) atoms. The van der Waals surface area contributed by atoms with Gasteiger partial charge in [-0.1, -0.05) is 6.42 Å². The van der Waals surface area contributed by atoms with Crippen molar-refractivity contribution in [1.29, 1.82) is 0 Å². The maximum atomic E-state index is 9.84. The molecule has 2 heterocycles. The van der Waals surface area contributed by atoms with Gasteiger partial charge in [0.1, 0.15) is 0 Å². The van der Waals surface area contributed by atoms with Crippen molar-refractivity contribution in [3.63, 3.8) is 0 Å². The van der Waals surface area contributed by atoms with E-state index in [-0.39, 0.29) is 6.10 Å². The van der Waals surface area contributed by atoms with E-state index >= 15 is 0 Å². The van der Waals surface area contributed by atoms with Crippen molar-refractivity contribution >= 4 is 0 Å². The Morgan fingerprint density at radius 1 is 1.00 bits per heavy atom. The first-order valence-electron chi connectivity index (χ1n) is 7.47. The van der Waals surface area contributed by atoms with E-state index in [9.17, 15) is 5.11 Å². The van der Waals surface area contributed by atoms with Gasteiger partial charge in [-0.3, -0.25) is 4.90 Å². The van der Waals surface area contributed by atoms with E-state index in [1.807, 2.05) is 0 Å². The molecule has 0 aromatic heterocycles. The zero-order valence-electron chi connectivity index (χ0n) is 10.9. The van der Waals surface area contributed by atoms with Crippen LogP contribution < -0.4 is 0 Å². The molecule has 1 saturated carbocycles. The lowest BCUT2D eigenvalue weighted by Gasteiger charge is -2.38.